The number of rotatable bonds is 6. The third-order valence-corrected chi connectivity index (χ3v) is 3.80. The van der Waals surface area contributed by atoms with Gasteiger partial charge in [-0.15, -0.1) is 11.3 Å². The Morgan fingerprint density at radius 3 is 2.90 bits per heavy atom. The predicted octanol–water partition coefficient (Wildman–Crippen LogP) is 3.62. The Bertz CT molecular complexity index is 602. The van der Waals surface area contributed by atoms with Crippen molar-refractivity contribution in [3.05, 3.63) is 52.0 Å². The van der Waals surface area contributed by atoms with E-state index < -0.39 is 17.7 Å². The SMILES string of the molecule is CCC(NC(=O)CCc1cscn1)c1cc(F)ccc1F. The van der Waals surface area contributed by atoms with Gasteiger partial charge in [0.2, 0.25) is 5.91 Å². The summed E-state index contributed by atoms with van der Waals surface area (Å²) in [6, 6.07) is 2.75. The standard InChI is InChI=1S/C15H16F2N2OS/c1-2-14(12-7-10(16)3-5-13(12)17)19-15(20)6-4-11-8-21-9-18-11/h3,5,7-9,14H,2,4,6H2,1H3,(H,19,20). The lowest BCUT2D eigenvalue weighted by Crippen LogP contribution is -2.29. The van der Waals surface area contributed by atoms with Gasteiger partial charge < -0.3 is 5.32 Å². The molecule has 112 valence electrons. The first-order valence-electron chi connectivity index (χ1n) is 6.71. The maximum absolute atomic E-state index is 13.7. The number of hydrogen-bond donors (Lipinski definition) is 1. The molecule has 0 saturated carbocycles. The second-order valence-electron chi connectivity index (χ2n) is 4.67. The van der Waals surface area contributed by atoms with Crippen LogP contribution in [0.5, 0.6) is 0 Å². The van der Waals surface area contributed by atoms with Gasteiger partial charge in [-0.05, 0) is 31.0 Å². The first kappa shape index (κ1) is 15.6. The van der Waals surface area contributed by atoms with Crippen LogP contribution < -0.4 is 5.32 Å². The number of amides is 1. The molecule has 6 heteroatoms. The molecule has 1 aromatic carbocycles. The van der Waals surface area contributed by atoms with E-state index in [0.717, 1.165) is 23.9 Å². The number of hydrogen-bond acceptors (Lipinski definition) is 3. The predicted molar refractivity (Wildman–Crippen MR) is 78.0 cm³/mol. The van der Waals surface area contributed by atoms with E-state index in [1.165, 1.54) is 11.3 Å². The van der Waals surface area contributed by atoms with Gasteiger partial charge in [0, 0.05) is 17.4 Å². The summed E-state index contributed by atoms with van der Waals surface area (Å²) in [4.78, 5) is 16.0. The van der Waals surface area contributed by atoms with Crippen LogP contribution in [0, 0.1) is 11.6 Å². The number of thiazole rings is 1. The highest BCUT2D eigenvalue weighted by atomic mass is 32.1. The molecule has 21 heavy (non-hydrogen) atoms. The lowest BCUT2D eigenvalue weighted by Gasteiger charge is -2.18. The normalized spacial score (nSPS) is 12.1. The van der Waals surface area contributed by atoms with E-state index >= 15 is 0 Å². The zero-order valence-corrected chi connectivity index (χ0v) is 12.4. The maximum Gasteiger partial charge on any atom is 0.220 e. The van der Waals surface area contributed by atoms with Crippen LogP contribution in [0.3, 0.4) is 0 Å². The molecule has 1 heterocycles. The first-order valence-corrected chi connectivity index (χ1v) is 7.65. The molecule has 2 rings (SSSR count). The van der Waals surface area contributed by atoms with Gasteiger partial charge in [0.05, 0.1) is 17.2 Å². The van der Waals surface area contributed by atoms with E-state index in [1.807, 2.05) is 12.3 Å². The van der Waals surface area contributed by atoms with Crippen molar-refractivity contribution in [1.82, 2.24) is 10.3 Å². The van der Waals surface area contributed by atoms with Crippen LogP contribution in [0.2, 0.25) is 0 Å². The van der Waals surface area contributed by atoms with Gasteiger partial charge in [0.1, 0.15) is 11.6 Å². The van der Waals surface area contributed by atoms with Crippen molar-refractivity contribution in [3.8, 4) is 0 Å². The Morgan fingerprint density at radius 1 is 1.43 bits per heavy atom. The molecule has 0 saturated heterocycles. The highest BCUT2D eigenvalue weighted by molar-refractivity contribution is 7.07. The van der Waals surface area contributed by atoms with Gasteiger partial charge in [0.25, 0.3) is 0 Å². The number of halogens is 2. The Balaban J connectivity index is 1.98. The van der Waals surface area contributed by atoms with Crippen LogP contribution in [0.15, 0.2) is 29.1 Å². The van der Waals surface area contributed by atoms with Crippen molar-refractivity contribution in [2.24, 2.45) is 0 Å². The van der Waals surface area contributed by atoms with E-state index in [-0.39, 0.29) is 17.9 Å². The molecular weight excluding hydrogens is 294 g/mol. The Kier molecular flexibility index (Phi) is 5.38. The molecule has 0 radical (unpaired) electrons. The van der Waals surface area contributed by atoms with Gasteiger partial charge >= 0.3 is 0 Å². The van der Waals surface area contributed by atoms with E-state index in [4.69, 9.17) is 0 Å². The van der Waals surface area contributed by atoms with Crippen LogP contribution in [-0.4, -0.2) is 10.9 Å². The number of benzene rings is 1. The molecular formula is C15H16F2N2OS. The topological polar surface area (TPSA) is 42.0 Å². The zero-order chi connectivity index (χ0) is 15.2. The number of carbonyl (C=O) groups excluding carboxylic acids is 1. The minimum atomic E-state index is -0.524. The van der Waals surface area contributed by atoms with E-state index in [9.17, 15) is 13.6 Å². The van der Waals surface area contributed by atoms with E-state index in [0.29, 0.717) is 12.8 Å². The second kappa shape index (κ2) is 7.26. The fourth-order valence-electron chi connectivity index (χ4n) is 2.05. The average Bonchev–Trinajstić information content (AvgIpc) is 2.98. The molecule has 0 fully saturated rings. The minimum absolute atomic E-state index is 0.180. The van der Waals surface area contributed by atoms with Crippen molar-refractivity contribution >= 4 is 17.2 Å². The van der Waals surface area contributed by atoms with Gasteiger partial charge in [-0.1, -0.05) is 6.92 Å². The number of aromatic nitrogens is 1. The highest BCUT2D eigenvalue weighted by Crippen LogP contribution is 2.21. The second-order valence-corrected chi connectivity index (χ2v) is 5.39. The first-order chi connectivity index (χ1) is 10.1. The molecule has 1 atom stereocenters. The van der Waals surface area contributed by atoms with Gasteiger partial charge in [0.15, 0.2) is 0 Å². The summed E-state index contributed by atoms with van der Waals surface area (Å²) in [5.74, 6) is -1.22. The van der Waals surface area contributed by atoms with Crippen molar-refractivity contribution in [1.29, 1.82) is 0 Å². The minimum Gasteiger partial charge on any atom is -0.349 e. The number of nitrogens with one attached hydrogen (secondary N) is 1. The van der Waals surface area contributed by atoms with Crippen LogP contribution in [0.25, 0.3) is 0 Å². The summed E-state index contributed by atoms with van der Waals surface area (Å²) in [7, 11) is 0. The molecule has 0 aliphatic carbocycles. The fourth-order valence-corrected chi connectivity index (χ4v) is 2.64. The summed E-state index contributed by atoms with van der Waals surface area (Å²) in [6.45, 7) is 1.82. The number of nitrogens with zero attached hydrogens (tertiary/aromatic N) is 1. The largest absolute Gasteiger partial charge is 0.349 e. The van der Waals surface area contributed by atoms with E-state index in [1.54, 1.807) is 5.51 Å². The van der Waals surface area contributed by atoms with Gasteiger partial charge in [-0.25, -0.2) is 13.8 Å². The molecule has 1 aromatic heterocycles. The van der Waals surface area contributed by atoms with Crippen LogP contribution >= 0.6 is 11.3 Å². The summed E-state index contributed by atoms with van der Waals surface area (Å²) in [6.07, 6.45) is 1.30. The average molecular weight is 310 g/mol. The van der Waals surface area contributed by atoms with Crippen molar-refractivity contribution < 1.29 is 13.6 Å². The Labute approximate surface area is 126 Å². The fraction of sp³-hybridized carbons (Fsp3) is 0.333. The lowest BCUT2D eigenvalue weighted by molar-refractivity contribution is -0.121. The smallest absolute Gasteiger partial charge is 0.220 e. The lowest BCUT2D eigenvalue weighted by atomic mass is 10.0. The zero-order valence-electron chi connectivity index (χ0n) is 11.6. The molecule has 0 bridgehead atoms. The summed E-state index contributed by atoms with van der Waals surface area (Å²) in [5.41, 5.74) is 2.75. The number of aryl methyl sites for hydroxylation is 1. The van der Waals surface area contributed by atoms with Gasteiger partial charge in [-0.3, -0.25) is 4.79 Å². The van der Waals surface area contributed by atoms with Crippen LogP contribution in [0.1, 0.15) is 37.1 Å². The molecule has 0 aliphatic rings. The van der Waals surface area contributed by atoms with Crippen LogP contribution in [0.4, 0.5) is 8.78 Å². The Hall–Kier alpha value is -1.82. The molecule has 0 aliphatic heterocycles. The van der Waals surface area contributed by atoms with Crippen LogP contribution in [-0.2, 0) is 11.2 Å². The molecule has 3 nitrogen and oxygen atoms in total. The van der Waals surface area contributed by atoms with Gasteiger partial charge in [-0.2, -0.15) is 0 Å². The summed E-state index contributed by atoms with van der Waals surface area (Å²) < 4.78 is 27.0. The monoisotopic (exact) mass is 310 g/mol. The third kappa shape index (κ3) is 4.32. The maximum atomic E-state index is 13.7. The van der Waals surface area contributed by atoms with E-state index in [2.05, 4.69) is 10.3 Å². The summed E-state index contributed by atoms with van der Waals surface area (Å²) >= 11 is 1.48. The molecule has 1 N–H and O–H groups in total. The number of carbonyl (C=O) groups is 1. The quantitative estimate of drug-likeness (QED) is 0.885. The van der Waals surface area contributed by atoms with Crippen molar-refractivity contribution in [2.45, 2.75) is 32.2 Å². The van der Waals surface area contributed by atoms with Crippen molar-refractivity contribution in [2.75, 3.05) is 0 Å². The Morgan fingerprint density at radius 2 is 2.24 bits per heavy atom. The third-order valence-electron chi connectivity index (χ3n) is 3.17. The molecule has 1 amide bonds. The summed E-state index contributed by atoms with van der Waals surface area (Å²) in [5, 5.41) is 4.63. The molecule has 1 unspecified atom stereocenters. The highest BCUT2D eigenvalue weighted by Gasteiger charge is 2.17. The molecule has 0 spiro atoms. The molecule has 2 aromatic rings. The van der Waals surface area contributed by atoms with Crippen molar-refractivity contribution in [3.63, 3.8) is 0 Å².